The second-order valence-corrected chi connectivity index (χ2v) is 6.12. The summed E-state index contributed by atoms with van der Waals surface area (Å²) >= 11 is 0. The molecule has 2 heteroatoms. The zero-order valence-corrected chi connectivity index (χ0v) is 10.9. The highest BCUT2D eigenvalue weighted by molar-refractivity contribution is 5.34. The van der Waals surface area contributed by atoms with Crippen molar-refractivity contribution < 1.29 is 0 Å². The number of piperidine rings is 1. The monoisotopic (exact) mass is 242 g/mol. The van der Waals surface area contributed by atoms with Gasteiger partial charge in [-0.3, -0.25) is 4.90 Å². The molecule has 3 unspecified atom stereocenters. The van der Waals surface area contributed by atoms with Gasteiger partial charge in [-0.25, -0.2) is 0 Å². The Bertz CT molecular complexity index is 442. The molecule has 4 rings (SSSR count). The van der Waals surface area contributed by atoms with Crippen molar-refractivity contribution in [1.82, 2.24) is 10.2 Å². The fraction of sp³-hybridized carbons (Fsp3) is 0.625. The summed E-state index contributed by atoms with van der Waals surface area (Å²) in [4.78, 5) is 2.82. The zero-order valence-electron chi connectivity index (χ0n) is 10.9. The van der Waals surface area contributed by atoms with Crippen molar-refractivity contribution in [3.05, 3.63) is 35.4 Å². The van der Waals surface area contributed by atoms with Crippen LogP contribution in [0.1, 0.15) is 36.4 Å². The summed E-state index contributed by atoms with van der Waals surface area (Å²) < 4.78 is 0. The number of nitrogens with zero attached hydrogens (tertiary/aromatic N) is 1. The van der Waals surface area contributed by atoms with E-state index in [0.29, 0.717) is 6.04 Å². The quantitative estimate of drug-likeness (QED) is 0.813. The highest BCUT2D eigenvalue weighted by Gasteiger charge is 2.40. The van der Waals surface area contributed by atoms with Crippen molar-refractivity contribution in [1.29, 1.82) is 0 Å². The van der Waals surface area contributed by atoms with Crippen molar-refractivity contribution >= 4 is 0 Å². The molecule has 0 saturated carbocycles. The van der Waals surface area contributed by atoms with E-state index in [-0.39, 0.29) is 0 Å². The molecule has 18 heavy (non-hydrogen) atoms. The molecule has 1 aliphatic carbocycles. The Morgan fingerprint density at radius 2 is 2.06 bits per heavy atom. The van der Waals surface area contributed by atoms with Crippen molar-refractivity contribution in [2.24, 2.45) is 5.92 Å². The Labute approximate surface area is 109 Å². The fourth-order valence-electron chi connectivity index (χ4n) is 4.37. The third-order valence-corrected chi connectivity index (χ3v) is 5.22. The van der Waals surface area contributed by atoms with Gasteiger partial charge >= 0.3 is 0 Å². The smallest absolute Gasteiger partial charge is 0.0357 e. The molecule has 2 fully saturated rings. The molecule has 1 aromatic rings. The molecule has 0 aromatic heterocycles. The number of benzene rings is 1. The van der Waals surface area contributed by atoms with Crippen molar-refractivity contribution in [2.75, 3.05) is 19.6 Å². The van der Waals surface area contributed by atoms with Crippen LogP contribution in [-0.2, 0) is 6.42 Å². The summed E-state index contributed by atoms with van der Waals surface area (Å²) in [6, 6.07) is 10.6. The van der Waals surface area contributed by atoms with E-state index in [9.17, 15) is 0 Å². The number of aryl methyl sites for hydroxylation is 1. The second kappa shape index (κ2) is 4.36. The third-order valence-electron chi connectivity index (χ3n) is 5.22. The predicted molar refractivity (Wildman–Crippen MR) is 73.6 cm³/mol. The molecule has 2 nitrogen and oxygen atoms in total. The Morgan fingerprint density at radius 3 is 3.06 bits per heavy atom. The fourth-order valence-corrected chi connectivity index (χ4v) is 4.37. The molecule has 1 aromatic carbocycles. The molecule has 0 spiro atoms. The largest absolute Gasteiger partial charge is 0.315 e. The molecule has 0 radical (unpaired) electrons. The van der Waals surface area contributed by atoms with E-state index in [4.69, 9.17) is 0 Å². The maximum atomic E-state index is 3.60. The van der Waals surface area contributed by atoms with E-state index < -0.39 is 0 Å². The summed E-state index contributed by atoms with van der Waals surface area (Å²) in [5.41, 5.74) is 3.21. The minimum Gasteiger partial charge on any atom is -0.315 e. The molecule has 0 bridgehead atoms. The lowest BCUT2D eigenvalue weighted by Crippen LogP contribution is -2.46. The second-order valence-electron chi connectivity index (χ2n) is 6.12. The van der Waals surface area contributed by atoms with Crippen molar-refractivity contribution in [2.45, 2.75) is 37.8 Å². The van der Waals surface area contributed by atoms with Crippen LogP contribution < -0.4 is 5.32 Å². The van der Waals surface area contributed by atoms with Gasteiger partial charge in [-0.05, 0) is 55.8 Å². The summed E-state index contributed by atoms with van der Waals surface area (Å²) in [6.45, 7) is 3.76. The normalized spacial score (nSPS) is 35.4. The van der Waals surface area contributed by atoms with Crippen LogP contribution >= 0.6 is 0 Å². The first kappa shape index (κ1) is 11.0. The highest BCUT2D eigenvalue weighted by atomic mass is 15.2. The van der Waals surface area contributed by atoms with Gasteiger partial charge in [0, 0.05) is 18.6 Å². The Balaban J connectivity index is 1.64. The minimum atomic E-state index is 0.703. The molecule has 3 aliphatic rings. The first-order valence-electron chi connectivity index (χ1n) is 7.48. The van der Waals surface area contributed by atoms with Gasteiger partial charge in [0.2, 0.25) is 0 Å². The van der Waals surface area contributed by atoms with Gasteiger partial charge in [0.25, 0.3) is 0 Å². The van der Waals surface area contributed by atoms with E-state index in [1.165, 1.54) is 45.3 Å². The summed E-state index contributed by atoms with van der Waals surface area (Å²) in [5.74, 6) is 0.909. The van der Waals surface area contributed by atoms with Crippen LogP contribution in [0, 0.1) is 5.92 Å². The van der Waals surface area contributed by atoms with Crippen LogP contribution in [0.4, 0.5) is 0 Å². The zero-order chi connectivity index (χ0) is 11.9. The predicted octanol–water partition coefficient (Wildman–Crippen LogP) is 2.36. The molecule has 2 aliphatic heterocycles. The number of hydrogen-bond acceptors (Lipinski definition) is 2. The van der Waals surface area contributed by atoms with Crippen LogP contribution in [0.15, 0.2) is 24.3 Å². The molecule has 0 amide bonds. The topological polar surface area (TPSA) is 15.3 Å². The van der Waals surface area contributed by atoms with Gasteiger partial charge in [-0.15, -0.1) is 0 Å². The third kappa shape index (κ3) is 1.63. The Hall–Kier alpha value is -0.860. The number of hydrogen-bond donors (Lipinski definition) is 1. The molecular formula is C16H22N2. The average molecular weight is 242 g/mol. The van der Waals surface area contributed by atoms with Crippen molar-refractivity contribution in [3.8, 4) is 0 Å². The maximum Gasteiger partial charge on any atom is 0.0357 e. The van der Waals surface area contributed by atoms with Gasteiger partial charge in [-0.2, -0.15) is 0 Å². The Kier molecular flexibility index (Phi) is 2.66. The first-order chi connectivity index (χ1) is 8.93. The molecule has 96 valence electrons. The number of likely N-dealkylation sites (tertiary alicyclic amines) is 1. The summed E-state index contributed by atoms with van der Waals surface area (Å²) in [6.07, 6.45) is 5.44. The Morgan fingerprint density at radius 1 is 1.11 bits per heavy atom. The minimum absolute atomic E-state index is 0.703. The van der Waals surface area contributed by atoms with Gasteiger partial charge in [0.05, 0.1) is 0 Å². The van der Waals surface area contributed by atoms with E-state index in [0.717, 1.165) is 12.0 Å². The maximum absolute atomic E-state index is 3.60. The van der Waals surface area contributed by atoms with Crippen LogP contribution in [0.5, 0.6) is 0 Å². The lowest BCUT2D eigenvalue weighted by atomic mass is 9.89. The van der Waals surface area contributed by atoms with Gasteiger partial charge in [-0.1, -0.05) is 24.3 Å². The molecule has 2 heterocycles. The lowest BCUT2D eigenvalue weighted by Gasteiger charge is -2.41. The van der Waals surface area contributed by atoms with Crippen LogP contribution in [0.3, 0.4) is 0 Å². The molecular weight excluding hydrogens is 220 g/mol. The van der Waals surface area contributed by atoms with Gasteiger partial charge in [0.15, 0.2) is 0 Å². The highest BCUT2D eigenvalue weighted by Crippen LogP contribution is 2.40. The van der Waals surface area contributed by atoms with Crippen LogP contribution in [0.2, 0.25) is 0 Å². The standard InChI is InChI=1S/C16H22N2/c1-2-6-14-12(4-1)7-8-15(14)18-9-3-5-13-10-17-11-16(13)18/h1-2,4,6,13,15-17H,3,5,7-11H2. The molecule has 2 saturated heterocycles. The van der Waals surface area contributed by atoms with E-state index in [1.807, 2.05) is 0 Å². The average Bonchev–Trinajstić information content (AvgIpc) is 3.05. The van der Waals surface area contributed by atoms with Crippen molar-refractivity contribution in [3.63, 3.8) is 0 Å². The first-order valence-corrected chi connectivity index (χ1v) is 7.48. The summed E-state index contributed by atoms with van der Waals surface area (Å²) in [5, 5.41) is 3.60. The van der Waals surface area contributed by atoms with E-state index in [2.05, 4.69) is 34.5 Å². The van der Waals surface area contributed by atoms with Crippen LogP contribution in [-0.4, -0.2) is 30.6 Å². The summed E-state index contributed by atoms with van der Waals surface area (Å²) in [7, 11) is 0. The van der Waals surface area contributed by atoms with Gasteiger partial charge in [0.1, 0.15) is 0 Å². The lowest BCUT2D eigenvalue weighted by molar-refractivity contribution is 0.0771. The van der Waals surface area contributed by atoms with Gasteiger partial charge < -0.3 is 5.32 Å². The molecule has 1 N–H and O–H groups in total. The van der Waals surface area contributed by atoms with E-state index >= 15 is 0 Å². The SMILES string of the molecule is c1ccc2c(c1)CCC2N1CCCC2CNCC21. The molecule has 3 atom stereocenters. The number of nitrogens with one attached hydrogen (secondary N) is 1. The van der Waals surface area contributed by atoms with E-state index in [1.54, 1.807) is 11.1 Å². The number of fused-ring (bicyclic) bond motifs is 2. The number of rotatable bonds is 1. The van der Waals surface area contributed by atoms with Crippen LogP contribution in [0.25, 0.3) is 0 Å².